The first-order chi connectivity index (χ1) is 12.5. The number of likely N-dealkylation sites (N-methyl/N-ethyl adjacent to an activating group) is 1. The van der Waals surface area contributed by atoms with Crippen molar-refractivity contribution in [3.8, 4) is 5.75 Å². The molecule has 5 nitrogen and oxygen atoms in total. The summed E-state index contributed by atoms with van der Waals surface area (Å²) in [5.74, 6) is 1.39. The fraction of sp³-hybridized carbons (Fsp3) is 0.667. The Balaban J connectivity index is 1.70. The van der Waals surface area contributed by atoms with Crippen LogP contribution in [-0.2, 0) is 9.53 Å². The van der Waals surface area contributed by atoms with E-state index in [2.05, 4.69) is 22.3 Å². The molecule has 1 aliphatic heterocycles. The van der Waals surface area contributed by atoms with Gasteiger partial charge in [0.2, 0.25) is 5.91 Å². The van der Waals surface area contributed by atoms with Gasteiger partial charge in [-0.05, 0) is 51.1 Å². The number of hydrogen-bond acceptors (Lipinski definition) is 4. The van der Waals surface area contributed by atoms with Gasteiger partial charge in [-0.25, -0.2) is 0 Å². The molecule has 1 N–H and O–H groups in total. The van der Waals surface area contributed by atoms with Gasteiger partial charge in [-0.1, -0.05) is 25.0 Å². The molecule has 1 aliphatic carbocycles. The van der Waals surface area contributed by atoms with E-state index >= 15 is 0 Å². The van der Waals surface area contributed by atoms with E-state index in [4.69, 9.17) is 9.47 Å². The summed E-state index contributed by atoms with van der Waals surface area (Å²) >= 11 is 0. The lowest BCUT2D eigenvalue weighted by molar-refractivity contribution is -0.131. The first-order valence-corrected chi connectivity index (χ1v) is 9.83. The highest BCUT2D eigenvalue weighted by atomic mass is 16.5. The molecule has 1 aromatic carbocycles. The molecule has 2 fully saturated rings. The van der Waals surface area contributed by atoms with Crippen LogP contribution in [0.2, 0.25) is 0 Å². The Kier molecular flexibility index (Phi) is 6.54. The minimum atomic E-state index is 0.0172. The Morgan fingerprint density at radius 1 is 1.31 bits per heavy atom. The topological polar surface area (TPSA) is 50.8 Å². The second kappa shape index (κ2) is 8.87. The fourth-order valence-corrected chi connectivity index (χ4v) is 4.22. The Hall–Kier alpha value is -1.59. The molecule has 26 heavy (non-hydrogen) atoms. The van der Waals surface area contributed by atoms with Crippen molar-refractivity contribution in [2.24, 2.45) is 5.92 Å². The molecule has 0 unspecified atom stereocenters. The van der Waals surface area contributed by atoms with Crippen LogP contribution in [0.15, 0.2) is 24.3 Å². The molecule has 2 aliphatic rings. The van der Waals surface area contributed by atoms with Crippen molar-refractivity contribution >= 4 is 5.91 Å². The molecule has 5 heteroatoms. The lowest BCUT2D eigenvalue weighted by Gasteiger charge is -2.45. The van der Waals surface area contributed by atoms with E-state index in [-0.39, 0.29) is 24.2 Å². The Bertz CT molecular complexity index is 605. The zero-order chi connectivity index (χ0) is 18.5. The molecule has 1 saturated carbocycles. The molecule has 0 aromatic heterocycles. The highest BCUT2D eigenvalue weighted by Crippen LogP contribution is 2.41. The van der Waals surface area contributed by atoms with E-state index in [0.29, 0.717) is 12.5 Å². The van der Waals surface area contributed by atoms with Crippen LogP contribution in [0.4, 0.5) is 0 Å². The van der Waals surface area contributed by atoms with Gasteiger partial charge in [0.25, 0.3) is 0 Å². The molecular formula is C21H32N2O3. The first-order valence-electron chi connectivity index (χ1n) is 9.83. The molecule has 4 atom stereocenters. The Morgan fingerprint density at radius 2 is 2.12 bits per heavy atom. The number of nitrogens with one attached hydrogen (secondary N) is 1. The van der Waals surface area contributed by atoms with E-state index < -0.39 is 0 Å². The van der Waals surface area contributed by atoms with Gasteiger partial charge < -0.3 is 19.7 Å². The number of amides is 1. The van der Waals surface area contributed by atoms with Crippen molar-refractivity contribution < 1.29 is 14.3 Å². The number of carbonyl (C=O) groups is 1. The van der Waals surface area contributed by atoms with Crippen molar-refractivity contribution in [1.29, 1.82) is 0 Å². The summed E-state index contributed by atoms with van der Waals surface area (Å²) in [6, 6.07) is 8.43. The third kappa shape index (κ3) is 4.98. The summed E-state index contributed by atoms with van der Waals surface area (Å²) in [6.45, 7) is 3.17. The predicted molar refractivity (Wildman–Crippen MR) is 102 cm³/mol. The monoisotopic (exact) mass is 360 g/mol. The van der Waals surface area contributed by atoms with Gasteiger partial charge in [-0.15, -0.1) is 0 Å². The molecule has 1 saturated heterocycles. The highest BCUT2D eigenvalue weighted by Gasteiger charge is 2.40. The van der Waals surface area contributed by atoms with Crippen molar-refractivity contribution in [3.05, 3.63) is 29.8 Å². The van der Waals surface area contributed by atoms with Crippen LogP contribution in [0, 0.1) is 5.92 Å². The quantitative estimate of drug-likeness (QED) is 0.847. The van der Waals surface area contributed by atoms with Crippen molar-refractivity contribution in [3.63, 3.8) is 0 Å². The van der Waals surface area contributed by atoms with Gasteiger partial charge in [0, 0.05) is 25.4 Å². The van der Waals surface area contributed by atoms with Gasteiger partial charge in [-0.3, -0.25) is 4.79 Å². The molecule has 1 heterocycles. The van der Waals surface area contributed by atoms with Crippen molar-refractivity contribution in [2.75, 3.05) is 27.2 Å². The van der Waals surface area contributed by atoms with Crippen LogP contribution < -0.4 is 10.1 Å². The van der Waals surface area contributed by atoms with Gasteiger partial charge in [0.15, 0.2) is 0 Å². The molecule has 144 valence electrons. The number of benzene rings is 1. The SMILES string of the molecule is CC(=O)N[C@@H]1C[C@H](c2cccc(OCCN(C)C)c2)O[C@@H]2CCCC[C@@H]12. The standard InChI is InChI=1S/C21H32N2O3/c1-15(24)22-19-14-21(26-20-10-5-4-9-18(19)20)16-7-6-8-17(13-16)25-12-11-23(2)3/h6-8,13,18-21H,4-5,9-12,14H2,1-3H3,(H,22,24)/t18-,19+,20+,21+/m0/s1. The molecule has 1 amide bonds. The maximum Gasteiger partial charge on any atom is 0.217 e. The number of ether oxygens (including phenoxy) is 2. The summed E-state index contributed by atoms with van der Waals surface area (Å²) in [5.41, 5.74) is 1.15. The third-order valence-electron chi connectivity index (χ3n) is 5.50. The summed E-state index contributed by atoms with van der Waals surface area (Å²) in [4.78, 5) is 13.8. The molecule has 0 bridgehead atoms. The summed E-state index contributed by atoms with van der Waals surface area (Å²) < 4.78 is 12.4. The van der Waals surface area contributed by atoms with E-state index in [1.807, 2.05) is 26.2 Å². The fourth-order valence-electron chi connectivity index (χ4n) is 4.22. The van der Waals surface area contributed by atoms with Crippen LogP contribution in [0.3, 0.4) is 0 Å². The molecule has 3 rings (SSSR count). The number of fused-ring (bicyclic) bond motifs is 1. The number of rotatable bonds is 6. The van der Waals surface area contributed by atoms with Gasteiger partial charge in [0.1, 0.15) is 12.4 Å². The smallest absolute Gasteiger partial charge is 0.217 e. The van der Waals surface area contributed by atoms with Crippen LogP contribution >= 0.6 is 0 Å². The summed E-state index contributed by atoms with van der Waals surface area (Å²) in [6.07, 6.45) is 5.80. The average molecular weight is 360 g/mol. The lowest BCUT2D eigenvalue weighted by Crippen LogP contribution is -2.50. The lowest BCUT2D eigenvalue weighted by atomic mass is 9.76. The predicted octanol–water partition coefficient (Wildman–Crippen LogP) is 3.15. The number of nitrogens with zero attached hydrogens (tertiary/aromatic N) is 1. The second-order valence-electron chi connectivity index (χ2n) is 7.88. The largest absolute Gasteiger partial charge is 0.492 e. The molecule has 0 radical (unpaired) electrons. The van der Waals surface area contributed by atoms with Crippen molar-refractivity contribution in [2.45, 2.75) is 57.3 Å². The van der Waals surface area contributed by atoms with E-state index in [0.717, 1.165) is 37.1 Å². The van der Waals surface area contributed by atoms with Gasteiger partial charge in [0.05, 0.1) is 12.2 Å². The third-order valence-corrected chi connectivity index (χ3v) is 5.50. The van der Waals surface area contributed by atoms with E-state index in [9.17, 15) is 4.79 Å². The van der Waals surface area contributed by atoms with E-state index in [1.165, 1.54) is 12.8 Å². The highest BCUT2D eigenvalue weighted by molar-refractivity contribution is 5.73. The van der Waals surface area contributed by atoms with Gasteiger partial charge in [-0.2, -0.15) is 0 Å². The summed E-state index contributed by atoms with van der Waals surface area (Å²) in [5, 5.41) is 3.19. The first kappa shape index (κ1) is 19.2. The van der Waals surface area contributed by atoms with Crippen LogP contribution in [0.1, 0.15) is 50.7 Å². The normalized spacial score (nSPS) is 28.5. The molecule has 0 spiro atoms. The Morgan fingerprint density at radius 3 is 2.88 bits per heavy atom. The maximum absolute atomic E-state index is 11.7. The zero-order valence-corrected chi connectivity index (χ0v) is 16.2. The van der Waals surface area contributed by atoms with E-state index in [1.54, 1.807) is 6.92 Å². The van der Waals surface area contributed by atoms with Crippen LogP contribution in [0.5, 0.6) is 5.75 Å². The minimum absolute atomic E-state index is 0.0172. The maximum atomic E-state index is 11.7. The second-order valence-corrected chi connectivity index (χ2v) is 7.88. The van der Waals surface area contributed by atoms with Crippen LogP contribution in [-0.4, -0.2) is 50.2 Å². The zero-order valence-electron chi connectivity index (χ0n) is 16.2. The average Bonchev–Trinajstić information content (AvgIpc) is 2.61. The minimum Gasteiger partial charge on any atom is -0.492 e. The van der Waals surface area contributed by atoms with Gasteiger partial charge >= 0.3 is 0 Å². The number of hydrogen-bond donors (Lipinski definition) is 1. The van der Waals surface area contributed by atoms with Crippen molar-refractivity contribution in [1.82, 2.24) is 10.2 Å². The molecular weight excluding hydrogens is 328 g/mol. The Labute approximate surface area is 157 Å². The molecule has 1 aromatic rings. The summed E-state index contributed by atoms with van der Waals surface area (Å²) in [7, 11) is 4.08. The van der Waals surface area contributed by atoms with Crippen LogP contribution in [0.25, 0.3) is 0 Å². The number of carbonyl (C=O) groups excluding carboxylic acids is 1.